The first-order chi connectivity index (χ1) is 13.8. The molecule has 7 heteroatoms. The van der Waals surface area contributed by atoms with Crippen molar-refractivity contribution in [1.82, 2.24) is 15.1 Å². The molecule has 1 aromatic carbocycles. The van der Waals surface area contributed by atoms with E-state index in [4.69, 9.17) is 11.6 Å². The number of rotatable bonds is 7. The van der Waals surface area contributed by atoms with Crippen LogP contribution >= 0.6 is 11.6 Å². The average molecular weight is 419 g/mol. The van der Waals surface area contributed by atoms with Gasteiger partial charge in [-0.15, -0.1) is 0 Å². The highest BCUT2D eigenvalue weighted by atomic mass is 35.5. The quantitative estimate of drug-likeness (QED) is 0.737. The molecule has 3 unspecified atom stereocenters. The fraction of sp³-hybridized carbons (Fsp3) is 0.591. The molecule has 0 saturated carbocycles. The first-order valence-electron chi connectivity index (χ1n) is 10.3. The molecule has 0 spiro atoms. The molecule has 1 aromatic rings. The highest BCUT2D eigenvalue weighted by Crippen LogP contribution is 2.17. The van der Waals surface area contributed by atoms with E-state index in [-0.39, 0.29) is 29.7 Å². The molecule has 2 amide bonds. The minimum absolute atomic E-state index is 0.0132. The number of carbonyl (C=O) groups excluding carboxylic acids is 2. The van der Waals surface area contributed by atoms with Crippen LogP contribution in [0.2, 0.25) is 5.02 Å². The minimum Gasteiger partial charge on any atom is -0.340 e. The predicted octanol–water partition coefficient (Wildman–Crippen LogP) is 3.18. The summed E-state index contributed by atoms with van der Waals surface area (Å²) in [4.78, 5) is 29.8. The molecule has 0 aromatic heterocycles. The van der Waals surface area contributed by atoms with Gasteiger partial charge in [0.2, 0.25) is 5.91 Å². The van der Waals surface area contributed by atoms with Gasteiger partial charge in [0.1, 0.15) is 12.1 Å². The summed E-state index contributed by atoms with van der Waals surface area (Å²) in [5.41, 5.74) is 0.481. The molecule has 1 N–H and O–H groups in total. The van der Waals surface area contributed by atoms with Crippen molar-refractivity contribution in [3.05, 3.63) is 34.9 Å². The highest BCUT2D eigenvalue weighted by Gasteiger charge is 2.33. The Bertz CT molecular complexity index is 736. The third kappa shape index (κ3) is 5.94. The second-order valence-corrected chi connectivity index (χ2v) is 8.46. The van der Waals surface area contributed by atoms with Crippen LogP contribution in [0.3, 0.4) is 0 Å². The summed E-state index contributed by atoms with van der Waals surface area (Å²) in [6.45, 7) is 10.5. The molecular weight excluding hydrogens is 388 g/mol. The van der Waals surface area contributed by atoms with E-state index in [1.54, 1.807) is 24.3 Å². The lowest BCUT2D eigenvalue weighted by atomic mass is 9.96. The molecular formula is C22H31ClN4O2. The van der Waals surface area contributed by atoms with Crippen molar-refractivity contribution in [2.45, 2.75) is 46.2 Å². The van der Waals surface area contributed by atoms with Gasteiger partial charge in [0.05, 0.1) is 6.07 Å². The van der Waals surface area contributed by atoms with Crippen LogP contribution in [-0.2, 0) is 4.79 Å². The summed E-state index contributed by atoms with van der Waals surface area (Å²) >= 11 is 5.89. The lowest BCUT2D eigenvalue weighted by Crippen LogP contribution is -2.58. The number of halogens is 1. The normalized spacial score (nSPS) is 18.0. The zero-order chi connectivity index (χ0) is 21.6. The molecule has 1 heterocycles. The van der Waals surface area contributed by atoms with Crippen LogP contribution in [0.15, 0.2) is 24.3 Å². The maximum absolute atomic E-state index is 13.2. The van der Waals surface area contributed by atoms with Crippen molar-refractivity contribution in [1.29, 1.82) is 5.26 Å². The SMILES string of the molecule is CCC(C)C(NC(=O)c1ccc(Cl)cc1)C(=O)N1CCN(C(C#N)C(C)C)CC1. The molecule has 1 aliphatic heterocycles. The van der Waals surface area contributed by atoms with Crippen LogP contribution in [0.25, 0.3) is 0 Å². The summed E-state index contributed by atoms with van der Waals surface area (Å²) < 4.78 is 0. The Morgan fingerprint density at radius 2 is 1.72 bits per heavy atom. The summed E-state index contributed by atoms with van der Waals surface area (Å²) in [7, 11) is 0. The van der Waals surface area contributed by atoms with Crippen molar-refractivity contribution in [3.63, 3.8) is 0 Å². The van der Waals surface area contributed by atoms with Crippen LogP contribution in [0.1, 0.15) is 44.5 Å². The summed E-state index contributed by atoms with van der Waals surface area (Å²) in [6, 6.07) is 8.29. The van der Waals surface area contributed by atoms with E-state index in [2.05, 4.69) is 16.3 Å². The summed E-state index contributed by atoms with van der Waals surface area (Å²) in [6.07, 6.45) is 0.779. The zero-order valence-electron chi connectivity index (χ0n) is 17.7. The molecule has 6 nitrogen and oxygen atoms in total. The molecule has 1 aliphatic rings. The van der Waals surface area contributed by atoms with Gasteiger partial charge in [0, 0.05) is 36.8 Å². The summed E-state index contributed by atoms with van der Waals surface area (Å²) in [5, 5.41) is 12.9. The van der Waals surface area contributed by atoms with Gasteiger partial charge in [-0.1, -0.05) is 45.7 Å². The minimum atomic E-state index is -0.577. The van der Waals surface area contributed by atoms with Crippen LogP contribution in [0.4, 0.5) is 0 Å². The van der Waals surface area contributed by atoms with E-state index in [9.17, 15) is 14.9 Å². The van der Waals surface area contributed by atoms with E-state index in [1.165, 1.54) is 0 Å². The van der Waals surface area contributed by atoms with E-state index in [0.29, 0.717) is 36.8 Å². The monoisotopic (exact) mass is 418 g/mol. The van der Waals surface area contributed by atoms with E-state index in [0.717, 1.165) is 6.42 Å². The Hall–Kier alpha value is -2.10. The number of hydrogen-bond acceptors (Lipinski definition) is 4. The Morgan fingerprint density at radius 1 is 1.14 bits per heavy atom. The third-order valence-electron chi connectivity index (χ3n) is 5.66. The number of nitrogens with zero attached hydrogens (tertiary/aromatic N) is 3. The van der Waals surface area contributed by atoms with Crippen LogP contribution in [0, 0.1) is 23.2 Å². The highest BCUT2D eigenvalue weighted by molar-refractivity contribution is 6.30. The Balaban J connectivity index is 2.05. The number of amides is 2. The van der Waals surface area contributed by atoms with Gasteiger partial charge in [-0.25, -0.2) is 0 Å². The van der Waals surface area contributed by atoms with Gasteiger partial charge < -0.3 is 10.2 Å². The van der Waals surface area contributed by atoms with Crippen LogP contribution < -0.4 is 5.32 Å². The molecule has 158 valence electrons. The van der Waals surface area contributed by atoms with Gasteiger partial charge in [-0.3, -0.25) is 14.5 Å². The maximum atomic E-state index is 13.2. The second-order valence-electron chi connectivity index (χ2n) is 8.02. The average Bonchev–Trinajstić information content (AvgIpc) is 2.72. The van der Waals surface area contributed by atoms with Gasteiger partial charge in [0.15, 0.2) is 0 Å². The first-order valence-corrected chi connectivity index (χ1v) is 10.6. The number of benzene rings is 1. The molecule has 0 aliphatic carbocycles. The topological polar surface area (TPSA) is 76.4 Å². The van der Waals surface area contributed by atoms with Gasteiger partial charge >= 0.3 is 0 Å². The van der Waals surface area contributed by atoms with Crippen molar-refractivity contribution in [2.24, 2.45) is 11.8 Å². The van der Waals surface area contributed by atoms with E-state index >= 15 is 0 Å². The standard InChI is InChI=1S/C22H31ClN4O2/c1-5-16(4)20(25-21(28)17-6-8-18(23)9-7-17)22(29)27-12-10-26(11-13-27)19(14-24)15(2)3/h6-9,15-16,19-20H,5,10-13H2,1-4H3,(H,25,28). The van der Waals surface area contributed by atoms with E-state index < -0.39 is 6.04 Å². The van der Waals surface area contributed by atoms with Crippen molar-refractivity contribution < 1.29 is 9.59 Å². The number of nitrogens with one attached hydrogen (secondary N) is 1. The second kappa shape index (κ2) is 10.6. The zero-order valence-corrected chi connectivity index (χ0v) is 18.4. The largest absolute Gasteiger partial charge is 0.340 e. The van der Waals surface area contributed by atoms with Crippen LogP contribution in [0.5, 0.6) is 0 Å². The molecule has 2 rings (SSSR count). The lowest BCUT2D eigenvalue weighted by molar-refractivity contribution is -0.136. The number of carbonyl (C=O) groups is 2. The number of nitriles is 1. The smallest absolute Gasteiger partial charge is 0.251 e. The number of hydrogen-bond donors (Lipinski definition) is 1. The van der Waals surface area contributed by atoms with Crippen LogP contribution in [-0.4, -0.2) is 59.9 Å². The molecule has 1 fully saturated rings. The summed E-state index contributed by atoms with van der Waals surface area (Å²) in [5.74, 6) is -0.0734. The Kier molecular flexibility index (Phi) is 8.48. The third-order valence-corrected chi connectivity index (χ3v) is 5.91. The fourth-order valence-corrected chi connectivity index (χ4v) is 3.70. The molecule has 1 saturated heterocycles. The fourth-order valence-electron chi connectivity index (χ4n) is 3.58. The molecule has 3 atom stereocenters. The molecule has 0 bridgehead atoms. The first kappa shape index (κ1) is 23.2. The Morgan fingerprint density at radius 3 is 2.21 bits per heavy atom. The lowest BCUT2D eigenvalue weighted by Gasteiger charge is -2.40. The molecule has 0 radical (unpaired) electrons. The maximum Gasteiger partial charge on any atom is 0.251 e. The Labute approximate surface area is 178 Å². The van der Waals surface area contributed by atoms with Gasteiger partial charge in [0.25, 0.3) is 5.91 Å². The predicted molar refractivity (Wildman–Crippen MR) is 115 cm³/mol. The van der Waals surface area contributed by atoms with Gasteiger partial charge in [-0.2, -0.15) is 5.26 Å². The van der Waals surface area contributed by atoms with Gasteiger partial charge in [-0.05, 0) is 36.1 Å². The van der Waals surface area contributed by atoms with Crippen molar-refractivity contribution in [2.75, 3.05) is 26.2 Å². The van der Waals surface area contributed by atoms with Crippen molar-refractivity contribution >= 4 is 23.4 Å². The van der Waals surface area contributed by atoms with Crippen molar-refractivity contribution in [3.8, 4) is 6.07 Å². The molecule has 29 heavy (non-hydrogen) atoms. The number of piperazine rings is 1. The van der Waals surface area contributed by atoms with E-state index in [1.807, 2.05) is 32.6 Å².